The van der Waals surface area contributed by atoms with E-state index in [1.165, 1.54) is 19.4 Å². The van der Waals surface area contributed by atoms with Gasteiger partial charge in [-0.15, -0.1) is 0 Å². The second kappa shape index (κ2) is 7.28. The van der Waals surface area contributed by atoms with Gasteiger partial charge in [0.25, 0.3) is 5.91 Å². The van der Waals surface area contributed by atoms with E-state index in [1.807, 2.05) is 0 Å². The molecule has 0 spiro atoms. The highest BCUT2D eigenvalue weighted by atomic mass is 16.3. The zero-order chi connectivity index (χ0) is 19.4. The minimum Gasteiger partial charge on any atom is -0.467 e. The number of imide groups is 2. The Morgan fingerprint density at radius 2 is 2.07 bits per heavy atom. The molecule has 1 saturated heterocycles. The molecule has 3 heterocycles. The maximum absolute atomic E-state index is 12.7. The van der Waals surface area contributed by atoms with E-state index >= 15 is 0 Å². The zero-order valence-electron chi connectivity index (χ0n) is 14.4. The van der Waals surface area contributed by atoms with Crippen LogP contribution in [0.4, 0.5) is 9.59 Å². The van der Waals surface area contributed by atoms with Crippen molar-refractivity contribution in [3.05, 3.63) is 54.2 Å². The summed E-state index contributed by atoms with van der Waals surface area (Å²) in [5.41, 5.74) is -1.03. The molecule has 6 amide bonds. The van der Waals surface area contributed by atoms with Gasteiger partial charge in [-0.05, 0) is 31.2 Å². The molecule has 0 saturated carbocycles. The van der Waals surface area contributed by atoms with Crippen LogP contribution in [0.2, 0.25) is 0 Å². The lowest BCUT2D eigenvalue weighted by atomic mass is 9.97. The van der Waals surface area contributed by atoms with Gasteiger partial charge >= 0.3 is 12.1 Å². The van der Waals surface area contributed by atoms with Crippen molar-refractivity contribution in [1.82, 2.24) is 25.8 Å². The van der Waals surface area contributed by atoms with Crippen LogP contribution < -0.4 is 16.0 Å². The topological polar surface area (TPSA) is 134 Å². The van der Waals surface area contributed by atoms with Crippen LogP contribution in [-0.2, 0) is 21.7 Å². The van der Waals surface area contributed by atoms with E-state index in [1.54, 1.807) is 30.3 Å². The van der Waals surface area contributed by atoms with Crippen LogP contribution in [0, 0.1) is 0 Å². The first-order valence-corrected chi connectivity index (χ1v) is 8.06. The van der Waals surface area contributed by atoms with E-state index in [-0.39, 0.29) is 6.54 Å². The Bertz CT molecular complexity index is 867. The number of carbonyl (C=O) groups is 4. The first-order chi connectivity index (χ1) is 12.9. The third-order valence-electron chi connectivity index (χ3n) is 4.01. The van der Waals surface area contributed by atoms with Gasteiger partial charge in [0.1, 0.15) is 12.3 Å². The molecule has 10 heteroatoms. The predicted octanol–water partition coefficient (Wildman–Crippen LogP) is 0.468. The third-order valence-corrected chi connectivity index (χ3v) is 4.01. The average molecular weight is 371 g/mol. The minimum atomic E-state index is -1.37. The summed E-state index contributed by atoms with van der Waals surface area (Å²) in [4.78, 5) is 53.4. The zero-order valence-corrected chi connectivity index (χ0v) is 14.4. The Kier molecular flexibility index (Phi) is 4.88. The van der Waals surface area contributed by atoms with Gasteiger partial charge < -0.3 is 15.1 Å². The summed E-state index contributed by atoms with van der Waals surface area (Å²) in [6.07, 6.45) is 2.95. The smallest absolute Gasteiger partial charge is 0.325 e. The number of nitrogens with zero attached hydrogens (tertiary/aromatic N) is 2. The van der Waals surface area contributed by atoms with Crippen molar-refractivity contribution in [2.45, 2.75) is 19.0 Å². The van der Waals surface area contributed by atoms with Crippen LogP contribution in [0.1, 0.15) is 18.4 Å². The van der Waals surface area contributed by atoms with E-state index in [0.717, 1.165) is 4.90 Å². The Hall–Kier alpha value is -3.69. The number of furan rings is 1. The lowest BCUT2D eigenvalue weighted by Crippen LogP contribution is -2.46. The number of urea groups is 2. The summed E-state index contributed by atoms with van der Waals surface area (Å²) in [5.74, 6) is -0.920. The molecule has 0 aliphatic carbocycles. The van der Waals surface area contributed by atoms with Crippen molar-refractivity contribution in [3.63, 3.8) is 0 Å². The fraction of sp³-hybridized carbons (Fsp3) is 0.235. The van der Waals surface area contributed by atoms with Gasteiger partial charge in [-0.1, -0.05) is 6.07 Å². The summed E-state index contributed by atoms with van der Waals surface area (Å²) < 4.78 is 5.05. The highest BCUT2D eigenvalue weighted by Crippen LogP contribution is 2.26. The van der Waals surface area contributed by atoms with Gasteiger partial charge in [-0.3, -0.25) is 24.8 Å². The maximum Gasteiger partial charge on any atom is 0.325 e. The summed E-state index contributed by atoms with van der Waals surface area (Å²) in [5, 5.41) is 7.01. The fourth-order valence-electron chi connectivity index (χ4n) is 2.61. The molecule has 10 nitrogen and oxygen atoms in total. The number of hydrogen-bond acceptors (Lipinski definition) is 6. The molecule has 140 valence electrons. The number of rotatable bonds is 5. The highest BCUT2D eigenvalue weighted by molar-refractivity contribution is 6.09. The van der Waals surface area contributed by atoms with Gasteiger partial charge in [-0.2, -0.15) is 0 Å². The number of nitrogens with one attached hydrogen (secondary N) is 3. The molecule has 3 N–H and O–H groups in total. The molecule has 27 heavy (non-hydrogen) atoms. The van der Waals surface area contributed by atoms with Crippen molar-refractivity contribution < 1.29 is 23.6 Å². The second-order valence-electron chi connectivity index (χ2n) is 5.97. The number of pyridine rings is 1. The fourth-order valence-corrected chi connectivity index (χ4v) is 2.61. The molecule has 1 atom stereocenters. The third kappa shape index (κ3) is 3.78. The van der Waals surface area contributed by atoms with Crippen LogP contribution in [0.15, 0.2) is 47.2 Å². The second-order valence-corrected chi connectivity index (χ2v) is 5.97. The molecule has 1 fully saturated rings. The van der Waals surface area contributed by atoms with Crippen molar-refractivity contribution in [3.8, 4) is 0 Å². The number of carbonyl (C=O) groups excluding carboxylic acids is 4. The standard InChI is InChI=1S/C17H17N5O5/c1-17(12-6-2-3-7-18-12)14(24)22(16(26)21-17)10-13(23)20-15(25)19-9-11-5-4-8-27-11/h2-8H,9-10H2,1H3,(H,21,26)(H2,19,20,23,25). The number of aromatic nitrogens is 1. The van der Waals surface area contributed by atoms with Crippen LogP contribution in [-0.4, -0.2) is 40.3 Å². The molecule has 2 aromatic rings. The SMILES string of the molecule is CC1(c2ccccn2)NC(=O)N(CC(=O)NC(=O)NCc2ccco2)C1=O. The Labute approximate surface area is 153 Å². The van der Waals surface area contributed by atoms with Gasteiger partial charge in [-0.25, -0.2) is 9.59 Å². The molecule has 0 bridgehead atoms. The van der Waals surface area contributed by atoms with Crippen LogP contribution >= 0.6 is 0 Å². The molecule has 1 aliphatic heterocycles. The lowest BCUT2D eigenvalue weighted by molar-refractivity contribution is -0.134. The van der Waals surface area contributed by atoms with E-state index in [4.69, 9.17) is 4.42 Å². The van der Waals surface area contributed by atoms with Crippen LogP contribution in [0.3, 0.4) is 0 Å². The van der Waals surface area contributed by atoms with E-state index in [0.29, 0.717) is 11.5 Å². The molecular formula is C17H17N5O5. The van der Waals surface area contributed by atoms with Gasteiger partial charge in [0.05, 0.1) is 18.5 Å². The van der Waals surface area contributed by atoms with Crippen molar-refractivity contribution >= 4 is 23.9 Å². The van der Waals surface area contributed by atoms with Crippen molar-refractivity contribution in [2.24, 2.45) is 0 Å². The normalized spacial score (nSPS) is 18.9. The Morgan fingerprint density at radius 3 is 2.74 bits per heavy atom. The monoisotopic (exact) mass is 371 g/mol. The van der Waals surface area contributed by atoms with Crippen molar-refractivity contribution in [2.75, 3.05) is 6.54 Å². The number of hydrogen-bond donors (Lipinski definition) is 3. The molecule has 0 radical (unpaired) electrons. The summed E-state index contributed by atoms with van der Waals surface area (Å²) in [6.45, 7) is 0.998. The predicted molar refractivity (Wildman–Crippen MR) is 90.9 cm³/mol. The Morgan fingerprint density at radius 1 is 1.26 bits per heavy atom. The van der Waals surface area contributed by atoms with Gasteiger partial charge in [0.15, 0.2) is 5.54 Å². The summed E-state index contributed by atoms with van der Waals surface area (Å²) in [6, 6.07) is 6.79. The van der Waals surface area contributed by atoms with E-state index < -0.39 is 36.0 Å². The van der Waals surface area contributed by atoms with E-state index in [2.05, 4.69) is 20.9 Å². The molecule has 3 rings (SSSR count). The Balaban J connectivity index is 1.58. The average Bonchev–Trinajstić information content (AvgIpc) is 3.24. The summed E-state index contributed by atoms with van der Waals surface area (Å²) >= 11 is 0. The van der Waals surface area contributed by atoms with Crippen LogP contribution in [0.5, 0.6) is 0 Å². The largest absolute Gasteiger partial charge is 0.467 e. The lowest BCUT2D eigenvalue weighted by Gasteiger charge is -2.20. The van der Waals surface area contributed by atoms with Crippen molar-refractivity contribution in [1.29, 1.82) is 0 Å². The molecular weight excluding hydrogens is 354 g/mol. The summed E-state index contributed by atoms with van der Waals surface area (Å²) in [7, 11) is 0. The minimum absolute atomic E-state index is 0.0903. The molecule has 1 aliphatic rings. The van der Waals surface area contributed by atoms with Crippen LogP contribution in [0.25, 0.3) is 0 Å². The quantitative estimate of drug-likeness (QED) is 0.654. The van der Waals surface area contributed by atoms with Gasteiger partial charge in [0, 0.05) is 6.20 Å². The van der Waals surface area contributed by atoms with Gasteiger partial charge in [0.2, 0.25) is 5.91 Å². The first kappa shape index (κ1) is 18.1. The first-order valence-electron chi connectivity index (χ1n) is 8.06. The molecule has 0 aromatic carbocycles. The number of amides is 6. The molecule has 1 unspecified atom stereocenters. The molecule has 2 aromatic heterocycles. The highest BCUT2D eigenvalue weighted by Gasteiger charge is 2.50. The van der Waals surface area contributed by atoms with E-state index in [9.17, 15) is 19.2 Å². The maximum atomic E-state index is 12.7.